The largest absolute Gasteiger partial charge is 0.465 e. The lowest BCUT2D eigenvalue weighted by molar-refractivity contribution is -0.384. The van der Waals surface area contributed by atoms with Crippen LogP contribution in [0, 0.1) is 10.1 Å². The fraction of sp³-hybridized carbons (Fsp3) is 0.125. The number of methoxy groups -OCH3 is 1. The van der Waals surface area contributed by atoms with Crippen molar-refractivity contribution in [3.8, 4) is 5.75 Å². The van der Waals surface area contributed by atoms with Crippen molar-refractivity contribution in [1.82, 2.24) is 0 Å². The predicted molar refractivity (Wildman–Crippen MR) is 85.4 cm³/mol. The third kappa shape index (κ3) is 3.67. The number of benzene rings is 2. The molecule has 0 aliphatic carbocycles. The Kier molecular flexibility index (Phi) is 5.10. The van der Waals surface area contributed by atoms with Crippen LogP contribution in [0.3, 0.4) is 0 Å². The number of hydrogen-bond acceptors (Lipinski definition) is 7. The van der Waals surface area contributed by atoms with Crippen molar-refractivity contribution in [2.75, 3.05) is 19.5 Å². The minimum atomic E-state index is -0.744. The van der Waals surface area contributed by atoms with Gasteiger partial charge in [-0.3, -0.25) is 10.1 Å². The van der Waals surface area contributed by atoms with Crippen LogP contribution in [-0.4, -0.2) is 31.0 Å². The highest BCUT2D eigenvalue weighted by molar-refractivity contribution is 5.93. The first-order valence-electron chi connectivity index (χ1n) is 6.83. The average Bonchev–Trinajstić information content (AvgIpc) is 2.60. The highest BCUT2D eigenvalue weighted by atomic mass is 16.6. The highest BCUT2D eigenvalue weighted by Gasteiger charge is 2.18. The Bertz CT molecular complexity index is 786. The van der Waals surface area contributed by atoms with Crippen molar-refractivity contribution in [3.63, 3.8) is 0 Å². The van der Waals surface area contributed by atoms with Gasteiger partial charge < -0.3 is 14.8 Å². The molecule has 8 heteroatoms. The fourth-order valence-corrected chi connectivity index (χ4v) is 1.96. The molecule has 124 valence electrons. The topological polar surface area (TPSA) is 108 Å². The van der Waals surface area contributed by atoms with Gasteiger partial charge in [-0.15, -0.1) is 0 Å². The number of rotatable bonds is 5. The Morgan fingerprint density at radius 1 is 1.04 bits per heavy atom. The minimum Gasteiger partial charge on any atom is -0.465 e. The van der Waals surface area contributed by atoms with E-state index in [2.05, 4.69) is 10.1 Å². The van der Waals surface area contributed by atoms with Gasteiger partial charge in [0.15, 0.2) is 0 Å². The summed E-state index contributed by atoms with van der Waals surface area (Å²) in [6, 6.07) is 9.74. The van der Waals surface area contributed by atoms with Crippen molar-refractivity contribution in [2.45, 2.75) is 0 Å². The molecule has 8 nitrogen and oxygen atoms in total. The summed E-state index contributed by atoms with van der Waals surface area (Å²) in [5.74, 6) is -1.05. The van der Waals surface area contributed by atoms with Gasteiger partial charge in [0.2, 0.25) is 0 Å². The van der Waals surface area contributed by atoms with Crippen molar-refractivity contribution in [3.05, 3.63) is 63.7 Å². The van der Waals surface area contributed by atoms with Crippen molar-refractivity contribution < 1.29 is 24.0 Å². The molecule has 0 aromatic heterocycles. The molecule has 0 amide bonds. The van der Waals surface area contributed by atoms with Crippen LogP contribution in [0.25, 0.3) is 0 Å². The fourth-order valence-electron chi connectivity index (χ4n) is 1.96. The number of nitro benzene ring substituents is 1. The molecule has 1 N–H and O–H groups in total. The van der Waals surface area contributed by atoms with Gasteiger partial charge in [0.25, 0.3) is 5.69 Å². The van der Waals surface area contributed by atoms with E-state index in [-0.39, 0.29) is 17.0 Å². The highest BCUT2D eigenvalue weighted by Crippen LogP contribution is 2.25. The molecule has 0 atom stereocenters. The van der Waals surface area contributed by atoms with Gasteiger partial charge >= 0.3 is 11.9 Å². The van der Waals surface area contributed by atoms with E-state index in [1.807, 2.05) is 0 Å². The van der Waals surface area contributed by atoms with Gasteiger partial charge in [0.1, 0.15) is 11.4 Å². The van der Waals surface area contributed by atoms with Crippen LogP contribution in [0.4, 0.5) is 11.4 Å². The zero-order valence-electron chi connectivity index (χ0n) is 12.9. The first-order valence-corrected chi connectivity index (χ1v) is 6.83. The van der Waals surface area contributed by atoms with Crippen LogP contribution >= 0.6 is 0 Å². The summed E-state index contributed by atoms with van der Waals surface area (Å²) in [5.41, 5.74) is 0.413. The van der Waals surface area contributed by atoms with Gasteiger partial charge in [-0.2, -0.15) is 0 Å². The quantitative estimate of drug-likeness (QED) is 0.388. The van der Waals surface area contributed by atoms with E-state index in [1.54, 1.807) is 7.05 Å². The van der Waals surface area contributed by atoms with E-state index >= 15 is 0 Å². The Labute approximate surface area is 137 Å². The molecule has 0 aliphatic heterocycles. The normalized spacial score (nSPS) is 9.92. The van der Waals surface area contributed by atoms with E-state index in [0.29, 0.717) is 11.3 Å². The number of nitrogens with one attached hydrogen (secondary N) is 1. The lowest BCUT2D eigenvalue weighted by Crippen LogP contribution is -2.10. The second-order valence-corrected chi connectivity index (χ2v) is 4.64. The van der Waals surface area contributed by atoms with Gasteiger partial charge in [0.05, 0.1) is 23.2 Å². The van der Waals surface area contributed by atoms with Crippen LogP contribution in [0.15, 0.2) is 42.5 Å². The van der Waals surface area contributed by atoms with E-state index in [1.165, 1.54) is 43.5 Å². The predicted octanol–water partition coefficient (Wildman–Crippen LogP) is 2.64. The van der Waals surface area contributed by atoms with Crippen molar-refractivity contribution >= 4 is 23.3 Å². The Balaban J connectivity index is 2.19. The third-order valence-corrected chi connectivity index (χ3v) is 3.19. The minimum absolute atomic E-state index is 0.0396. The number of nitrogens with zero attached hydrogens (tertiary/aromatic N) is 1. The zero-order valence-corrected chi connectivity index (χ0v) is 12.9. The van der Waals surface area contributed by atoms with Crippen LogP contribution in [0.5, 0.6) is 5.75 Å². The summed E-state index contributed by atoms with van der Waals surface area (Å²) in [7, 11) is 2.81. The summed E-state index contributed by atoms with van der Waals surface area (Å²) in [5, 5.41) is 13.7. The maximum Gasteiger partial charge on any atom is 0.343 e. The third-order valence-electron chi connectivity index (χ3n) is 3.19. The summed E-state index contributed by atoms with van der Waals surface area (Å²) < 4.78 is 9.71. The smallest absolute Gasteiger partial charge is 0.343 e. The molecular formula is C16H14N2O6. The summed E-state index contributed by atoms with van der Waals surface area (Å²) in [4.78, 5) is 33.9. The van der Waals surface area contributed by atoms with Gasteiger partial charge in [-0.05, 0) is 36.4 Å². The molecule has 0 radical (unpaired) electrons. The molecule has 2 aromatic rings. The lowest BCUT2D eigenvalue weighted by atomic mass is 10.1. The van der Waals surface area contributed by atoms with Crippen molar-refractivity contribution in [1.29, 1.82) is 0 Å². The second-order valence-electron chi connectivity index (χ2n) is 4.64. The standard InChI is InChI=1S/C16H14N2O6/c1-17-13-8-5-11(9-14(13)18(21)22)16(20)24-12-6-3-10(4-7-12)15(19)23-2/h3-9,17H,1-2H3. The van der Waals surface area contributed by atoms with Crippen LogP contribution in [0.1, 0.15) is 20.7 Å². The average molecular weight is 330 g/mol. The molecule has 0 saturated heterocycles. The van der Waals surface area contributed by atoms with Crippen LogP contribution < -0.4 is 10.1 Å². The Morgan fingerprint density at radius 3 is 2.21 bits per heavy atom. The maximum atomic E-state index is 12.1. The van der Waals surface area contributed by atoms with Gasteiger partial charge in [-0.1, -0.05) is 0 Å². The SMILES string of the molecule is CNc1ccc(C(=O)Oc2ccc(C(=O)OC)cc2)cc1[N+](=O)[O-]. The van der Waals surface area contributed by atoms with E-state index in [0.717, 1.165) is 6.07 Å². The zero-order chi connectivity index (χ0) is 17.7. The molecular weight excluding hydrogens is 316 g/mol. The van der Waals surface area contributed by atoms with E-state index < -0.39 is 16.9 Å². The lowest BCUT2D eigenvalue weighted by Gasteiger charge is -2.07. The second kappa shape index (κ2) is 7.23. The number of hydrogen-bond donors (Lipinski definition) is 1. The van der Waals surface area contributed by atoms with Gasteiger partial charge in [-0.25, -0.2) is 9.59 Å². The molecule has 0 unspecified atom stereocenters. The van der Waals surface area contributed by atoms with Gasteiger partial charge in [0, 0.05) is 13.1 Å². The Hall–Kier alpha value is -3.42. The Morgan fingerprint density at radius 2 is 1.67 bits per heavy atom. The number of esters is 2. The molecule has 0 bridgehead atoms. The number of nitro groups is 1. The molecule has 2 rings (SSSR count). The number of ether oxygens (including phenoxy) is 2. The maximum absolute atomic E-state index is 12.1. The molecule has 0 aliphatic rings. The monoisotopic (exact) mass is 330 g/mol. The molecule has 2 aromatic carbocycles. The van der Waals surface area contributed by atoms with E-state index in [4.69, 9.17) is 4.74 Å². The van der Waals surface area contributed by atoms with Crippen LogP contribution in [-0.2, 0) is 4.74 Å². The summed E-state index contributed by atoms with van der Waals surface area (Å²) in [6.45, 7) is 0. The molecule has 24 heavy (non-hydrogen) atoms. The van der Waals surface area contributed by atoms with Crippen molar-refractivity contribution in [2.24, 2.45) is 0 Å². The van der Waals surface area contributed by atoms with E-state index in [9.17, 15) is 19.7 Å². The number of carbonyl (C=O) groups excluding carboxylic acids is 2. The number of anilines is 1. The first-order chi connectivity index (χ1) is 11.5. The van der Waals surface area contributed by atoms with Crippen LogP contribution in [0.2, 0.25) is 0 Å². The molecule has 0 spiro atoms. The first kappa shape index (κ1) is 16.9. The summed E-state index contributed by atoms with van der Waals surface area (Å²) >= 11 is 0. The molecule has 0 heterocycles. The molecule has 0 fully saturated rings. The summed E-state index contributed by atoms with van der Waals surface area (Å²) in [6.07, 6.45) is 0. The molecule has 0 saturated carbocycles. The number of carbonyl (C=O) groups is 2.